The number of carbonyl (C=O) groups is 1. The minimum Gasteiger partial charge on any atom is -0.375 e. The van der Waals surface area contributed by atoms with E-state index in [1.807, 2.05) is 5.32 Å². The fourth-order valence-electron chi connectivity index (χ4n) is 2.30. The van der Waals surface area contributed by atoms with Crippen molar-refractivity contribution in [3.05, 3.63) is 11.1 Å². The second-order valence-electron chi connectivity index (χ2n) is 5.09. The Hall–Kier alpha value is -1.06. The number of halogens is 4. The average molecular weight is 359 g/mol. The van der Waals surface area contributed by atoms with Gasteiger partial charge in [0, 0.05) is 24.2 Å². The molecular formula is C12H18ClF3N4OS. The van der Waals surface area contributed by atoms with Crippen LogP contribution in [0.1, 0.15) is 17.7 Å². The number of nitrogen functional groups attached to an aromatic ring is 1. The van der Waals surface area contributed by atoms with Gasteiger partial charge in [-0.2, -0.15) is 13.2 Å². The summed E-state index contributed by atoms with van der Waals surface area (Å²) in [6, 6.07) is 0. The summed E-state index contributed by atoms with van der Waals surface area (Å²) < 4.78 is 36.2. The number of piperidine rings is 1. The molecule has 2 heterocycles. The zero-order valence-corrected chi connectivity index (χ0v) is 13.4. The van der Waals surface area contributed by atoms with Crippen LogP contribution in [-0.4, -0.2) is 41.6 Å². The van der Waals surface area contributed by atoms with Crippen LogP contribution in [0.4, 0.5) is 18.3 Å². The summed E-state index contributed by atoms with van der Waals surface area (Å²) in [5.74, 6) is -1.76. The first-order valence-electron chi connectivity index (χ1n) is 6.62. The van der Waals surface area contributed by atoms with Gasteiger partial charge in [0.1, 0.15) is 0 Å². The molecule has 0 aromatic carbocycles. The van der Waals surface area contributed by atoms with Gasteiger partial charge in [0.15, 0.2) is 5.13 Å². The SMILES string of the molecule is Cl.Nc1ncc(CN2CCC(CNC(=O)C(F)(F)F)CC2)s1. The molecule has 0 radical (unpaired) electrons. The van der Waals surface area contributed by atoms with E-state index in [0.717, 1.165) is 37.4 Å². The normalized spacial score (nSPS) is 17.0. The van der Waals surface area contributed by atoms with E-state index in [4.69, 9.17) is 5.73 Å². The monoisotopic (exact) mass is 358 g/mol. The summed E-state index contributed by atoms with van der Waals surface area (Å²) in [7, 11) is 0. The van der Waals surface area contributed by atoms with Gasteiger partial charge < -0.3 is 11.1 Å². The Labute approximate surface area is 136 Å². The summed E-state index contributed by atoms with van der Waals surface area (Å²) in [6.07, 6.45) is -1.51. The lowest BCUT2D eigenvalue weighted by Crippen LogP contribution is -2.42. The fourth-order valence-corrected chi connectivity index (χ4v) is 3.03. The van der Waals surface area contributed by atoms with E-state index >= 15 is 0 Å². The molecule has 3 N–H and O–H groups in total. The van der Waals surface area contributed by atoms with Crippen molar-refractivity contribution in [2.24, 2.45) is 5.92 Å². The Morgan fingerprint density at radius 1 is 1.45 bits per heavy atom. The summed E-state index contributed by atoms with van der Waals surface area (Å²) in [6.45, 7) is 2.44. The van der Waals surface area contributed by atoms with E-state index in [2.05, 4.69) is 9.88 Å². The van der Waals surface area contributed by atoms with Gasteiger partial charge in [0.2, 0.25) is 0 Å². The molecule has 10 heteroatoms. The van der Waals surface area contributed by atoms with Crippen molar-refractivity contribution in [1.82, 2.24) is 15.2 Å². The maximum atomic E-state index is 12.1. The summed E-state index contributed by atoms with van der Waals surface area (Å²) >= 11 is 1.44. The van der Waals surface area contributed by atoms with Crippen LogP contribution in [0.15, 0.2) is 6.20 Å². The molecule has 0 bridgehead atoms. The molecule has 126 valence electrons. The number of hydrogen-bond donors (Lipinski definition) is 2. The van der Waals surface area contributed by atoms with Crippen molar-refractivity contribution in [2.45, 2.75) is 25.6 Å². The topological polar surface area (TPSA) is 71.2 Å². The minimum absolute atomic E-state index is 0. The number of likely N-dealkylation sites (tertiary alicyclic amines) is 1. The third-order valence-corrected chi connectivity index (χ3v) is 4.28. The number of thiazole rings is 1. The van der Waals surface area contributed by atoms with Crippen LogP contribution in [0.3, 0.4) is 0 Å². The lowest BCUT2D eigenvalue weighted by Gasteiger charge is -2.31. The minimum atomic E-state index is -4.80. The van der Waals surface area contributed by atoms with Crippen LogP contribution in [-0.2, 0) is 11.3 Å². The maximum absolute atomic E-state index is 12.1. The highest BCUT2D eigenvalue weighted by Gasteiger charge is 2.38. The molecule has 1 aromatic rings. The number of hydrogen-bond acceptors (Lipinski definition) is 5. The van der Waals surface area contributed by atoms with E-state index in [1.54, 1.807) is 6.20 Å². The van der Waals surface area contributed by atoms with Crippen molar-refractivity contribution in [2.75, 3.05) is 25.4 Å². The van der Waals surface area contributed by atoms with Crippen molar-refractivity contribution in [3.8, 4) is 0 Å². The summed E-state index contributed by atoms with van der Waals surface area (Å²) in [4.78, 5) is 18.0. The maximum Gasteiger partial charge on any atom is 0.471 e. The smallest absolute Gasteiger partial charge is 0.375 e. The first-order chi connectivity index (χ1) is 9.84. The largest absolute Gasteiger partial charge is 0.471 e. The first-order valence-corrected chi connectivity index (χ1v) is 7.44. The number of nitrogens with one attached hydrogen (secondary N) is 1. The number of nitrogens with zero attached hydrogens (tertiary/aromatic N) is 2. The molecule has 1 aliphatic heterocycles. The highest BCUT2D eigenvalue weighted by Crippen LogP contribution is 2.22. The Kier molecular flexibility index (Phi) is 6.89. The lowest BCUT2D eigenvalue weighted by atomic mass is 9.97. The molecule has 0 aliphatic carbocycles. The lowest BCUT2D eigenvalue weighted by molar-refractivity contribution is -0.173. The van der Waals surface area contributed by atoms with Gasteiger partial charge in [-0.1, -0.05) is 0 Å². The highest BCUT2D eigenvalue weighted by atomic mass is 35.5. The Morgan fingerprint density at radius 2 is 2.09 bits per heavy atom. The van der Waals surface area contributed by atoms with Crippen LogP contribution in [0.2, 0.25) is 0 Å². The molecule has 2 rings (SSSR count). The molecule has 0 atom stereocenters. The molecule has 1 aromatic heterocycles. The molecule has 1 amide bonds. The van der Waals surface area contributed by atoms with Crippen LogP contribution in [0, 0.1) is 5.92 Å². The molecule has 22 heavy (non-hydrogen) atoms. The Balaban J connectivity index is 0.00000242. The van der Waals surface area contributed by atoms with Gasteiger partial charge in [-0.05, 0) is 31.8 Å². The van der Waals surface area contributed by atoms with Gasteiger partial charge >= 0.3 is 12.1 Å². The van der Waals surface area contributed by atoms with E-state index in [1.165, 1.54) is 11.3 Å². The van der Waals surface area contributed by atoms with Gasteiger partial charge in [-0.3, -0.25) is 9.69 Å². The number of nitrogens with two attached hydrogens (primary N) is 1. The van der Waals surface area contributed by atoms with E-state index in [9.17, 15) is 18.0 Å². The van der Waals surface area contributed by atoms with Crippen molar-refractivity contribution in [1.29, 1.82) is 0 Å². The van der Waals surface area contributed by atoms with Crippen LogP contribution >= 0.6 is 23.7 Å². The molecule has 1 saturated heterocycles. The van der Waals surface area contributed by atoms with E-state index in [-0.39, 0.29) is 24.9 Å². The highest BCUT2D eigenvalue weighted by molar-refractivity contribution is 7.15. The summed E-state index contributed by atoms with van der Waals surface area (Å²) in [5, 5.41) is 2.49. The Bertz CT molecular complexity index is 489. The zero-order valence-electron chi connectivity index (χ0n) is 11.7. The zero-order chi connectivity index (χ0) is 15.5. The molecule has 1 fully saturated rings. The molecule has 0 spiro atoms. The number of anilines is 1. The van der Waals surface area contributed by atoms with Crippen LogP contribution in [0.5, 0.6) is 0 Å². The third-order valence-electron chi connectivity index (χ3n) is 3.47. The average Bonchev–Trinajstić information content (AvgIpc) is 2.82. The molecular weight excluding hydrogens is 341 g/mol. The van der Waals surface area contributed by atoms with Crippen molar-refractivity contribution < 1.29 is 18.0 Å². The number of rotatable bonds is 4. The van der Waals surface area contributed by atoms with Gasteiger partial charge in [-0.15, -0.1) is 23.7 Å². The van der Waals surface area contributed by atoms with Crippen LogP contribution < -0.4 is 11.1 Å². The number of carbonyl (C=O) groups excluding carboxylic acids is 1. The second kappa shape index (κ2) is 7.98. The summed E-state index contributed by atoms with van der Waals surface area (Å²) in [5.41, 5.74) is 5.57. The van der Waals surface area contributed by atoms with E-state index in [0.29, 0.717) is 5.13 Å². The number of aromatic nitrogens is 1. The molecule has 0 saturated carbocycles. The standard InChI is InChI=1S/C12H17F3N4OS.ClH/c13-12(14,15)10(20)17-5-8-1-3-19(4-2-8)7-9-6-18-11(16)21-9;/h6,8H,1-5,7H2,(H2,16,18)(H,17,20);1H. The first kappa shape index (κ1) is 19.0. The van der Waals surface area contributed by atoms with Crippen molar-refractivity contribution in [3.63, 3.8) is 0 Å². The fraction of sp³-hybridized carbons (Fsp3) is 0.667. The van der Waals surface area contributed by atoms with Crippen molar-refractivity contribution >= 4 is 34.8 Å². The number of amides is 1. The molecule has 5 nitrogen and oxygen atoms in total. The van der Waals surface area contributed by atoms with E-state index < -0.39 is 12.1 Å². The molecule has 0 unspecified atom stereocenters. The number of alkyl halides is 3. The Morgan fingerprint density at radius 3 is 2.59 bits per heavy atom. The predicted molar refractivity (Wildman–Crippen MR) is 80.8 cm³/mol. The molecule has 1 aliphatic rings. The second-order valence-corrected chi connectivity index (χ2v) is 6.24. The van der Waals surface area contributed by atoms with Crippen LogP contribution in [0.25, 0.3) is 0 Å². The van der Waals surface area contributed by atoms with Gasteiger partial charge in [0.05, 0.1) is 0 Å². The quantitative estimate of drug-likeness (QED) is 0.864. The van der Waals surface area contributed by atoms with Gasteiger partial charge in [-0.25, -0.2) is 4.98 Å². The predicted octanol–water partition coefficient (Wildman–Crippen LogP) is 2.04. The third kappa shape index (κ3) is 5.62. The van der Waals surface area contributed by atoms with Gasteiger partial charge in [0.25, 0.3) is 0 Å².